The minimum atomic E-state index is 0.630. The number of fused-ring (bicyclic) bond motifs is 1. The molecule has 1 aliphatic heterocycles. The van der Waals surface area contributed by atoms with Gasteiger partial charge in [0.05, 0.1) is 17.6 Å². The molecule has 2 N–H and O–H groups in total. The predicted molar refractivity (Wildman–Crippen MR) is 85.8 cm³/mol. The second-order valence-electron chi connectivity index (χ2n) is 5.90. The number of hydrogen-bond donors (Lipinski definition) is 2. The molecule has 21 heavy (non-hydrogen) atoms. The summed E-state index contributed by atoms with van der Waals surface area (Å²) in [5.41, 5.74) is 2.10. The lowest BCUT2D eigenvalue weighted by molar-refractivity contribution is 0.268. The zero-order valence-corrected chi connectivity index (χ0v) is 12.8. The number of hydrogen-bond acceptors (Lipinski definition) is 3. The quantitative estimate of drug-likeness (QED) is 0.856. The van der Waals surface area contributed by atoms with E-state index < -0.39 is 0 Å². The maximum Gasteiger partial charge on any atom is 0.121 e. The van der Waals surface area contributed by atoms with Crippen molar-refractivity contribution in [1.82, 2.24) is 15.3 Å². The number of ether oxygens (including phenoxy) is 1. The Labute approximate surface area is 126 Å². The summed E-state index contributed by atoms with van der Waals surface area (Å²) in [5, 5.41) is 3.56. The molecule has 1 aromatic heterocycles. The fraction of sp³-hybridized carbons (Fsp3) is 0.588. The number of nitrogens with one attached hydrogen (secondary N) is 2. The first-order chi connectivity index (χ1) is 10.3. The number of aromatic amines is 1. The summed E-state index contributed by atoms with van der Waals surface area (Å²) in [6.45, 7) is 4.10. The van der Waals surface area contributed by atoms with Crippen LogP contribution in [0.2, 0.25) is 0 Å². The van der Waals surface area contributed by atoms with Gasteiger partial charge in [-0.25, -0.2) is 4.98 Å². The normalized spacial score (nSPS) is 19.0. The Morgan fingerprint density at radius 3 is 3.10 bits per heavy atom. The van der Waals surface area contributed by atoms with E-state index in [1.165, 1.54) is 19.3 Å². The molecule has 1 saturated heterocycles. The monoisotopic (exact) mass is 287 g/mol. The third kappa shape index (κ3) is 3.76. The fourth-order valence-corrected chi connectivity index (χ4v) is 2.98. The molecule has 1 atom stereocenters. The van der Waals surface area contributed by atoms with Crippen molar-refractivity contribution in [2.45, 2.75) is 51.5 Å². The number of piperidine rings is 1. The summed E-state index contributed by atoms with van der Waals surface area (Å²) in [6.07, 6.45) is 7.13. The van der Waals surface area contributed by atoms with Gasteiger partial charge in [0, 0.05) is 18.5 Å². The molecule has 1 unspecified atom stereocenters. The summed E-state index contributed by atoms with van der Waals surface area (Å²) in [7, 11) is 0. The molecule has 2 heterocycles. The average Bonchev–Trinajstić information content (AvgIpc) is 2.90. The van der Waals surface area contributed by atoms with E-state index in [9.17, 15) is 0 Å². The average molecular weight is 287 g/mol. The number of nitrogens with zero attached hydrogens (tertiary/aromatic N) is 1. The number of aryl methyl sites for hydroxylation is 1. The molecule has 1 fully saturated rings. The molecular formula is C17H25N3O. The van der Waals surface area contributed by atoms with E-state index in [4.69, 9.17) is 4.74 Å². The topological polar surface area (TPSA) is 49.9 Å². The largest absolute Gasteiger partial charge is 0.493 e. The van der Waals surface area contributed by atoms with E-state index in [1.54, 1.807) is 0 Å². The van der Waals surface area contributed by atoms with Gasteiger partial charge in [0.25, 0.3) is 0 Å². The predicted octanol–water partition coefficient (Wildman–Crippen LogP) is 3.43. The van der Waals surface area contributed by atoms with Gasteiger partial charge in [-0.2, -0.15) is 0 Å². The molecule has 1 aliphatic rings. The SMILES string of the molecule is CCCc1nc2ccc(OCCC3CCCCN3)cc2[nH]1. The van der Waals surface area contributed by atoms with E-state index in [-0.39, 0.29) is 0 Å². The van der Waals surface area contributed by atoms with Crippen molar-refractivity contribution in [2.24, 2.45) is 0 Å². The Kier molecular flexibility index (Phi) is 4.76. The lowest BCUT2D eigenvalue weighted by Gasteiger charge is -2.23. The van der Waals surface area contributed by atoms with Gasteiger partial charge in [-0.1, -0.05) is 13.3 Å². The maximum atomic E-state index is 5.90. The van der Waals surface area contributed by atoms with Crippen LogP contribution in [0.25, 0.3) is 11.0 Å². The highest BCUT2D eigenvalue weighted by Gasteiger charge is 2.12. The molecule has 4 heteroatoms. The summed E-state index contributed by atoms with van der Waals surface area (Å²) in [6, 6.07) is 6.76. The van der Waals surface area contributed by atoms with E-state index in [1.807, 2.05) is 12.1 Å². The third-order valence-electron chi connectivity index (χ3n) is 4.14. The van der Waals surface area contributed by atoms with Gasteiger partial charge >= 0.3 is 0 Å². The minimum absolute atomic E-state index is 0.630. The first-order valence-corrected chi connectivity index (χ1v) is 8.20. The van der Waals surface area contributed by atoms with E-state index >= 15 is 0 Å². The number of benzene rings is 1. The minimum Gasteiger partial charge on any atom is -0.493 e. The fourth-order valence-electron chi connectivity index (χ4n) is 2.98. The van der Waals surface area contributed by atoms with E-state index in [2.05, 4.69) is 28.3 Å². The molecule has 0 saturated carbocycles. The van der Waals surface area contributed by atoms with Crippen molar-refractivity contribution < 1.29 is 4.74 Å². The van der Waals surface area contributed by atoms with Gasteiger partial charge in [0.15, 0.2) is 0 Å². The van der Waals surface area contributed by atoms with Crippen molar-refractivity contribution in [2.75, 3.05) is 13.2 Å². The van der Waals surface area contributed by atoms with E-state index in [0.29, 0.717) is 6.04 Å². The molecule has 4 nitrogen and oxygen atoms in total. The first-order valence-electron chi connectivity index (χ1n) is 8.20. The zero-order valence-electron chi connectivity index (χ0n) is 12.8. The highest BCUT2D eigenvalue weighted by Crippen LogP contribution is 2.20. The van der Waals surface area contributed by atoms with Crippen LogP contribution < -0.4 is 10.1 Å². The van der Waals surface area contributed by atoms with Crippen LogP contribution in [0.15, 0.2) is 18.2 Å². The molecule has 1 aromatic carbocycles. The Balaban J connectivity index is 1.56. The van der Waals surface area contributed by atoms with Crippen LogP contribution in [0.4, 0.5) is 0 Å². The highest BCUT2D eigenvalue weighted by molar-refractivity contribution is 5.76. The van der Waals surface area contributed by atoms with Gasteiger partial charge in [-0.15, -0.1) is 0 Å². The maximum absolute atomic E-state index is 5.90. The van der Waals surface area contributed by atoms with E-state index in [0.717, 1.165) is 55.0 Å². The summed E-state index contributed by atoms with van der Waals surface area (Å²) < 4.78 is 5.90. The van der Waals surface area contributed by atoms with Crippen molar-refractivity contribution in [3.63, 3.8) is 0 Å². The van der Waals surface area contributed by atoms with Crippen LogP contribution in [0.1, 0.15) is 44.9 Å². The molecule has 0 spiro atoms. The summed E-state index contributed by atoms with van der Waals surface area (Å²) in [4.78, 5) is 7.95. The molecule has 0 aliphatic carbocycles. The van der Waals surface area contributed by atoms with Crippen LogP contribution in [-0.2, 0) is 6.42 Å². The molecule has 114 valence electrons. The number of aromatic nitrogens is 2. The van der Waals surface area contributed by atoms with Crippen LogP contribution in [0, 0.1) is 0 Å². The molecular weight excluding hydrogens is 262 g/mol. The van der Waals surface area contributed by atoms with Crippen molar-refractivity contribution >= 4 is 11.0 Å². The second-order valence-corrected chi connectivity index (χ2v) is 5.90. The lowest BCUT2D eigenvalue weighted by atomic mass is 10.0. The molecule has 2 aromatic rings. The van der Waals surface area contributed by atoms with Crippen LogP contribution >= 0.6 is 0 Å². The molecule has 3 rings (SSSR count). The van der Waals surface area contributed by atoms with Crippen LogP contribution in [-0.4, -0.2) is 29.2 Å². The smallest absolute Gasteiger partial charge is 0.121 e. The van der Waals surface area contributed by atoms with Gasteiger partial charge < -0.3 is 15.0 Å². The van der Waals surface area contributed by atoms with Gasteiger partial charge in [0.1, 0.15) is 11.6 Å². The molecule has 0 radical (unpaired) electrons. The summed E-state index contributed by atoms with van der Waals surface area (Å²) in [5.74, 6) is 2.00. The highest BCUT2D eigenvalue weighted by atomic mass is 16.5. The Morgan fingerprint density at radius 1 is 1.33 bits per heavy atom. The van der Waals surface area contributed by atoms with Crippen molar-refractivity contribution in [1.29, 1.82) is 0 Å². The molecule has 0 amide bonds. The van der Waals surface area contributed by atoms with Crippen molar-refractivity contribution in [3.8, 4) is 5.75 Å². The Hall–Kier alpha value is -1.55. The number of imidazole rings is 1. The summed E-state index contributed by atoms with van der Waals surface area (Å²) >= 11 is 0. The van der Waals surface area contributed by atoms with Crippen molar-refractivity contribution in [3.05, 3.63) is 24.0 Å². The second kappa shape index (κ2) is 6.94. The number of H-pyrrole nitrogens is 1. The third-order valence-corrected chi connectivity index (χ3v) is 4.14. The first kappa shape index (κ1) is 14.4. The Morgan fingerprint density at radius 2 is 2.29 bits per heavy atom. The van der Waals surface area contributed by atoms with Gasteiger partial charge in [0.2, 0.25) is 0 Å². The van der Waals surface area contributed by atoms with Crippen LogP contribution in [0.5, 0.6) is 5.75 Å². The molecule has 0 bridgehead atoms. The zero-order chi connectivity index (χ0) is 14.5. The van der Waals surface area contributed by atoms with Crippen LogP contribution in [0.3, 0.4) is 0 Å². The standard InChI is InChI=1S/C17H25N3O/c1-2-5-17-19-15-8-7-14(12-16(15)20-17)21-11-9-13-6-3-4-10-18-13/h7-8,12-13,18H,2-6,9-11H2,1H3,(H,19,20). The Bertz CT molecular complexity index is 572. The van der Waals surface area contributed by atoms with Gasteiger partial charge in [-0.05, 0) is 44.4 Å². The lowest BCUT2D eigenvalue weighted by Crippen LogP contribution is -2.35. The number of rotatable bonds is 6. The van der Waals surface area contributed by atoms with Gasteiger partial charge in [-0.3, -0.25) is 0 Å².